The summed E-state index contributed by atoms with van der Waals surface area (Å²) in [5.41, 5.74) is 0.808. The average molecular weight is 294 g/mol. The highest BCUT2D eigenvalue weighted by Gasteiger charge is 2.31. The minimum Gasteiger partial charge on any atom is -0.444 e. The second-order valence-electron chi connectivity index (χ2n) is 6.74. The molecule has 0 spiro atoms. The van der Waals surface area contributed by atoms with E-state index in [0.717, 1.165) is 25.8 Å². The zero-order chi connectivity index (χ0) is 15.5. The molecular formula is C15H26N4O2. The van der Waals surface area contributed by atoms with Crippen LogP contribution in [-0.2, 0) is 18.2 Å². The van der Waals surface area contributed by atoms with E-state index in [2.05, 4.69) is 15.7 Å². The molecule has 0 bridgehead atoms. The van der Waals surface area contributed by atoms with Crippen LogP contribution in [0.4, 0.5) is 4.79 Å². The van der Waals surface area contributed by atoms with Crippen LogP contribution >= 0.6 is 0 Å². The summed E-state index contributed by atoms with van der Waals surface area (Å²) in [5.74, 6) is 0. The minimum atomic E-state index is -0.435. The van der Waals surface area contributed by atoms with Gasteiger partial charge in [-0.05, 0) is 52.1 Å². The first-order chi connectivity index (χ1) is 9.82. The number of carbonyl (C=O) groups is 1. The topological polar surface area (TPSA) is 68.2 Å². The third kappa shape index (κ3) is 5.38. The van der Waals surface area contributed by atoms with Gasteiger partial charge in [0.1, 0.15) is 5.60 Å². The van der Waals surface area contributed by atoms with Gasteiger partial charge in [-0.1, -0.05) is 0 Å². The van der Waals surface area contributed by atoms with Crippen molar-refractivity contribution in [1.29, 1.82) is 0 Å². The summed E-state index contributed by atoms with van der Waals surface area (Å²) in [6.07, 6.45) is 6.53. The third-order valence-electron chi connectivity index (χ3n) is 3.46. The lowest BCUT2D eigenvalue weighted by molar-refractivity contribution is 0.0465. The molecule has 6 nitrogen and oxygen atoms in total. The molecule has 1 fully saturated rings. The Kier molecular flexibility index (Phi) is 4.88. The second-order valence-corrected chi connectivity index (χ2v) is 6.74. The van der Waals surface area contributed by atoms with Crippen LogP contribution in [0.25, 0.3) is 0 Å². The number of nitrogens with zero attached hydrogens (tertiary/aromatic N) is 2. The van der Waals surface area contributed by atoms with Gasteiger partial charge in [-0.3, -0.25) is 4.68 Å². The molecule has 0 saturated heterocycles. The molecule has 1 saturated carbocycles. The van der Waals surface area contributed by atoms with E-state index < -0.39 is 5.60 Å². The summed E-state index contributed by atoms with van der Waals surface area (Å²) in [4.78, 5) is 11.6. The van der Waals surface area contributed by atoms with Gasteiger partial charge in [-0.2, -0.15) is 5.10 Å². The maximum atomic E-state index is 11.6. The molecule has 1 aromatic heterocycles. The Balaban J connectivity index is 1.56. The lowest BCUT2D eigenvalue weighted by atomic mass is 9.87. The van der Waals surface area contributed by atoms with Gasteiger partial charge >= 0.3 is 6.09 Å². The Bertz CT molecular complexity index is 472. The van der Waals surface area contributed by atoms with Crippen molar-refractivity contribution >= 4 is 6.09 Å². The number of amides is 1. The molecule has 0 aliphatic heterocycles. The van der Waals surface area contributed by atoms with E-state index in [1.807, 2.05) is 44.9 Å². The van der Waals surface area contributed by atoms with Crippen LogP contribution in [0.3, 0.4) is 0 Å². The zero-order valence-corrected chi connectivity index (χ0v) is 13.3. The molecule has 1 aromatic rings. The van der Waals surface area contributed by atoms with Crippen LogP contribution in [0.5, 0.6) is 0 Å². The number of nitrogens with one attached hydrogen (secondary N) is 2. The highest BCUT2D eigenvalue weighted by molar-refractivity contribution is 5.68. The summed E-state index contributed by atoms with van der Waals surface area (Å²) in [5, 5.41) is 10.5. The van der Waals surface area contributed by atoms with Crippen molar-refractivity contribution in [3.63, 3.8) is 0 Å². The van der Waals surface area contributed by atoms with Crippen molar-refractivity contribution in [2.75, 3.05) is 6.54 Å². The monoisotopic (exact) mass is 294 g/mol. The normalized spacial score (nSPS) is 21.7. The number of aryl methyl sites for hydroxylation is 1. The van der Waals surface area contributed by atoms with Gasteiger partial charge in [0.15, 0.2) is 0 Å². The number of hydrogen-bond donors (Lipinski definition) is 2. The van der Waals surface area contributed by atoms with Gasteiger partial charge < -0.3 is 15.4 Å². The van der Waals surface area contributed by atoms with E-state index in [9.17, 15) is 4.79 Å². The number of hydrogen-bond acceptors (Lipinski definition) is 4. The number of rotatable bonds is 5. The predicted octanol–water partition coefficient (Wildman–Crippen LogP) is 1.61. The fraction of sp³-hybridized carbons (Fsp3) is 0.733. The summed E-state index contributed by atoms with van der Waals surface area (Å²) in [6, 6.07) is 0.720. The first-order valence-corrected chi connectivity index (χ1v) is 7.52. The first-order valence-electron chi connectivity index (χ1n) is 7.52. The molecule has 1 aliphatic carbocycles. The SMILES string of the molecule is Cn1cc(CCNC2CC(NC(=O)OC(C)(C)C)C2)cn1. The molecule has 118 valence electrons. The van der Waals surface area contributed by atoms with E-state index in [-0.39, 0.29) is 12.1 Å². The Hall–Kier alpha value is -1.56. The van der Waals surface area contributed by atoms with E-state index in [0.29, 0.717) is 6.04 Å². The van der Waals surface area contributed by atoms with Gasteiger partial charge in [0.05, 0.1) is 6.20 Å². The van der Waals surface area contributed by atoms with Gasteiger partial charge in [0.2, 0.25) is 0 Å². The van der Waals surface area contributed by atoms with Crippen LogP contribution in [0.1, 0.15) is 39.2 Å². The molecule has 21 heavy (non-hydrogen) atoms. The molecule has 2 rings (SSSR count). The third-order valence-corrected chi connectivity index (χ3v) is 3.46. The minimum absolute atomic E-state index is 0.232. The number of alkyl carbamates (subject to hydrolysis) is 1. The van der Waals surface area contributed by atoms with Crippen molar-refractivity contribution in [1.82, 2.24) is 20.4 Å². The first kappa shape index (κ1) is 15.8. The quantitative estimate of drug-likeness (QED) is 0.865. The van der Waals surface area contributed by atoms with Gasteiger partial charge in [0.25, 0.3) is 0 Å². The van der Waals surface area contributed by atoms with Gasteiger partial charge in [0, 0.05) is 25.3 Å². The molecule has 0 aromatic carbocycles. The highest BCUT2D eigenvalue weighted by Crippen LogP contribution is 2.20. The Morgan fingerprint density at radius 1 is 1.43 bits per heavy atom. The molecule has 1 heterocycles. The molecule has 1 aliphatic rings. The van der Waals surface area contributed by atoms with E-state index in [1.54, 1.807) is 0 Å². The van der Waals surface area contributed by atoms with Crippen molar-refractivity contribution in [2.24, 2.45) is 7.05 Å². The van der Waals surface area contributed by atoms with Crippen LogP contribution < -0.4 is 10.6 Å². The summed E-state index contributed by atoms with van der Waals surface area (Å²) < 4.78 is 7.06. The average Bonchev–Trinajstić information content (AvgIpc) is 2.69. The largest absolute Gasteiger partial charge is 0.444 e. The smallest absolute Gasteiger partial charge is 0.407 e. The Morgan fingerprint density at radius 3 is 2.71 bits per heavy atom. The standard InChI is InChI=1S/C15H26N4O2/c1-15(2,3)21-14(20)18-13-7-12(8-13)16-6-5-11-9-17-19(4)10-11/h9-10,12-13,16H,5-8H2,1-4H3,(H,18,20). The van der Waals surface area contributed by atoms with Crippen molar-refractivity contribution in [2.45, 2.75) is 57.7 Å². The fourth-order valence-corrected chi connectivity index (χ4v) is 2.40. The Labute approximate surface area is 126 Å². The molecule has 0 atom stereocenters. The summed E-state index contributed by atoms with van der Waals surface area (Å²) >= 11 is 0. The van der Waals surface area contributed by atoms with Crippen molar-refractivity contribution < 1.29 is 9.53 Å². The summed E-state index contributed by atoms with van der Waals surface area (Å²) in [7, 11) is 1.93. The van der Waals surface area contributed by atoms with Crippen molar-refractivity contribution in [3.8, 4) is 0 Å². The van der Waals surface area contributed by atoms with Crippen LogP contribution in [-0.4, -0.2) is 40.1 Å². The number of ether oxygens (including phenoxy) is 1. The maximum absolute atomic E-state index is 11.6. The lowest BCUT2D eigenvalue weighted by Gasteiger charge is -2.36. The Morgan fingerprint density at radius 2 is 2.14 bits per heavy atom. The molecule has 0 unspecified atom stereocenters. The van der Waals surface area contributed by atoms with Crippen LogP contribution in [0, 0.1) is 0 Å². The highest BCUT2D eigenvalue weighted by atomic mass is 16.6. The fourth-order valence-electron chi connectivity index (χ4n) is 2.40. The number of carbonyl (C=O) groups excluding carboxylic acids is 1. The van der Waals surface area contributed by atoms with E-state index in [4.69, 9.17) is 4.74 Å². The maximum Gasteiger partial charge on any atom is 0.407 e. The molecular weight excluding hydrogens is 268 g/mol. The lowest BCUT2D eigenvalue weighted by Crippen LogP contribution is -2.53. The van der Waals surface area contributed by atoms with E-state index in [1.165, 1.54) is 5.56 Å². The second kappa shape index (κ2) is 6.47. The zero-order valence-electron chi connectivity index (χ0n) is 13.3. The van der Waals surface area contributed by atoms with E-state index >= 15 is 0 Å². The van der Waals surface area contributed by atoms with Gasteiger partial charge in [-0.25, -0.2) is 4.79 Å². The molecule has 6 heteroatoms. The van der Waals surface area contributed by atoms with Gasteiger partial charge in [-0.15, -0.1) is 0 Å². The summed E-state index contributed by atoms with van der Waals surface area (Å²) in [6.45, 7) is 6.55. The van der Waals surface area contributed by atoms with Crippen molar-refractivity contribution in [3.05, 3.63) is 18.0 Å². The molecule has 2 N–H and O–H groups in total. The van der Waals surface area contributed by atoms with Crippen LogP contribution in [0.15, 0.2) is 12.4 Å². The number of aromatic nitrogens is 2. The molecule has 1 amide bonds. The predicted molar refractivity (Wildman–Crippen MR) is 81.1 cm³/mol. The molecule has 0 radical (unpaired) electrons. The van der Waals surface area contributed by atoms with Crippen LogP contribution in [0.2, 0.25) is 0 Å².